The summed E-state index contributed by atoms with van der Waals surface area (Å²) >= 11 is 0. The van der Waals surface area contributed by atoms with E-state index >= 15 is 0 Å². The molecule has 0 fully saturated rings. The smallest absolute Gasteiger partial charge is 0.187 e. The van der Waals surface area contributed by atoms with Crippen LogP contribution in [0.2, 0.25) is 0 Å². The number of para-hydroxylation sites is 4. The molecule has 0 aliphatic heterocycles. The van der Waals surface area contributed by atoms with Crippen LogP contribution in [0.25, 0.3) is 121 Å². The Bertz CT molecular complexity index is 8390. The molecule has 6 nitrogen and oxygen atoms in total. The molecule has 0 atom stereocenters. The molecule has 0 aliphatic rings. The molecule has 0 bridgehead atoms. The van der Waals surface area contributed by atoms with Crippen LogP contribution in [0, 0.1) is 29.2 Å². The Balaban J connectivity index is 0.000000119. The highest BCUT2D eigenvalue weighted by Gasteiger charge is 2.45. The fourth-order valence-electron chi connectivity index (χ4n) is 21.4. The predicted molar refractivity (Wildman–Crippen MR) is 585 cm³/mol. The predicted octanol–water partition coefficient (Wildman–Crippen LogP) is 23.8. The lowest BCUT2D eigenvalue weighted by atomic mass is 10.1. The maximum Gasteiger partial charge on any atom is 0.187 e. The fraction of sp³-hybridized carbons (Fsp3) is 0. The van der Waals surface area contributed by atoms with Gasteiger partial charge in [-0.3, -0.25) is 0 Å². The summed E-state index contributed by atoms with van der Waals surface area (Å²) in [5.41, 5.74) is 19.4. The van der Waals surface area contributed by atoms with Crippen LogP contribution in [0.15, 0.2) is 546 Å². The zero-order valence-electron chi connectivity index (χ0n) is 75.6. The number of hydrogen-bond acceptors (Lipinski definition) is 2. The molecule has 0 radical (unpaired) electrons. The van der Waals surface area contributed by atoms with E-state index in [4.69, 9.17) is 6.57 Å². The molecular formula is C129H90N6Si3. The summed E-state index contributed by atoms with van der Waals surface area (Å²) in [6.07, 6.45) is 0. The molecule has 0 amide bonds. The van der Waals surface area contributed by atoms with Crippen LogP contribution in [-0.4, -0.2) is 37.9 Å². The molecule has 0 saturated carbocycles. The minimum absolute atomic E-state index is 0.668. The number of hydrogen-bond donors (Lipinski definition) is 0. The number of nitriles is 2. The highest BCUT2D eigenvalue weighted by atomic mass is 28.3. The van der Waals surface area contributed by atoms with Crippen LogP contribution in [0.1, 0.15) is 11.1 Å². The van der Waals surface area contributed by atoms with Crippen molar-refractivity contribution in [2.24, 2.45) is 0 Å². The average Bonchev–Trinajstić information content (AvgIpc) is 1.39. The minimum Gasteiger partial charge on any atom is -0.309 e. The summed E-state index contributed by atoms with van der Waals surface area (Å²) in [6.45, 7) is 7.76. The summed E-state index contributed by atoms with van der Waals surface area (Å²) in [6, 6.07) is 201. The molecule has 3 aromatic heterocycles. The van der Waals surface area contributed by atoms with Crippen LogP contribution in [0.5, 0.6) is 0 Å². The second-order valence-corrected chi connectivity index (χ2v) is 46.3. The van der Waals surface area contributed by atoms with E-state index < -0.39 is 24.2 Å². The molecule has 0 saturated heterocycles. The Hall–Kier alpha value is -17.9. The van der Waals surface area contributed by atoms with Crippen LogP contribution in [0.3, 0.4) is 0 Å². The number of benzene rings is 21. The van der Waals surface area contributed by atoms with Gasteiger partial charge in [-0.25, -0.2) is 4.85 Å². The maximum absolute atomic E-state index is 9.58. The van der Waals surface area contributed by atoms with Crippen molar-refractivity contribution in [3.05, 3.63) is 569 Å². The van der Waals surface area contributed by atoms with Gasteiger partial charge in [0, 0.05) is 49.4 Å². The lowest BCUT2D eigenvalue weighted by Crippen LogP contribution is -2.75. The average molecular weight is 1810 g/mol. The molecule has 9 heteroatoms. The van der Waals surface area contributed by atoms with Crippen molar-refractivity contribution < 1.29 is 0 Å². The van der Waals surface area contributed by atoms with Gasteiger partial charge < -0.3 is 13.7 Å². The monoisotopic (exact) mass is 1810 g/mol. The normalized spacial score (nSPS) is 11.5. The van der Waals surface area contributed by atoms with E-state index in [1.165, 1.54) is 112 Å². The topological polar surface area (TPSA) is 66.7 Å². The Morgan fingerprint density at radius 2 is 0.464 bits per heavy atom. The lowest BCUT2D eigenvalue weighted by molar-refractivity contribution is 1.18. The summed E-state index contributed by atoms with van der Waals surface area (Å²) in [5.74, 6) is 0. The van der Waals surface area contributed by atoms with Gasteiger partial charge in [-0.15, -0.1) is 0 Å². The zero-order chi connectivity index (χ0) is 92.8. The first-order chi connectivity index (χ1) is 68.3. The maximum atomic E-state index is 9.58. The largest absolute Gasteiger partial charge is 0.309 e. The van der Waals surface area contributed by atoms with E-state index in [1.807, 2.05) is 36.4 Å². The second-order valence-electron chi connectivity index (χ2n) is 34.9. The highest BCUT2D eigenvalue weighted by molar-refractivity contribution is 7.21. The lowest BCUT2D eigenvalue weighted by Gasteiger charge is -2.36. The number of nitrogens with zero attached hydrogens (tertiary/aromatic N) is 6. The number of rotatable bonds is 18. The van der Waals surface area contributed by atoms with Gasteiger partial charge in [0.2, 0.25) is 0 Å². The highest BCUT2D eigenvalue weighted by Crippen LogP contribution is 2.38. The zero-order valence-corrected chi connectivity index (χ0v) is 78.6. The molecule has 3 heterocycles. The molecule has 24 aromatic rings. The first-order valence-corrected chi connectivity index (χ1v) is 52.7. The second kappa shape index (κ2) is 37.7. The van der Waals surface area contributed by atoms with Crippen LogP contribution >= 0.6 is 0 Å². The molecule has 0 aliphatic carbocycles. The first kappa shape index (κ1) is 85.6. The molecule has 138 heavy (non-hydrogen) atoms. The van der Waals surface area contributed by atoms with Gasteiger partial charge in [0.15, 0.2) is 29.9 Å². The minimum atomic E-state index is -2.72. The van der Waals surface area contributed by atoms with Gasteiger partial charge in [-0.05, 0) is 187 Å². The molecular weight excluding hydrogens is 1720 g/mol. The third-order valence-electron chi connectivity index (χ3n) is 27.5. The van der Waals surface area contributed by atoms with Crippen molar-refractivity contribution in [3.8, 4) is 62.6 Å². The number of fused-ring (bicyclic) bond motifs is 9. The summed E-state index contributed by atoms with van der Waals surface area (Å²) < 4.78 is 6.97. The summed E-state index contributed by atoms with van der Waals surface area (Å²) in [5, 5.41) is 42.2. The Labute approximate surface area is 806 Å². The van der Waals surface area contributed by atoms with E-state index in [0.29, 0.717) is 16.8 Å². The standard InChI is InChI=1S/3C43H30N2Si/c1-44-34-13-12-18-39(31-34)46(36-14-4-2-5-15-36,37-16-6-3-7-17-37)38-29-25-33(26-30-38)32-23-27-35(28-24-32)45-42-21-10-8-19-40(42)41-20-9-11-22-43(41)45;44-31-32-24-29-42-40(30-32)39-21-10-12-22-41(39)45(42)34-27-25-33(26-28-34)38-20-11-13-23-43(38)46(35-14-4-1-5-15-35,36-16-6-2-7-17-36)37-18-8-3-9-19-37;44-31-32-23-28-43-41(29-32)40-21-10-11-22-42(40)45(43)35-14-12-13-34(30-35)33-24-26-39(27-25-33)46(36-15-4-1-5-16-36,37-17-6-2-7-18-37)38-19-8-3-9-20-38/h2-31H;2*1-30H. The van der Waals surface area contributed by atoms with Crippen molar-refractivity contribution >= 4 is 158 Å². The van der Waals surface area contributed by atoms with Gasteiger partial charge >= 0.3 is 0 Å². The van der Waals surface area contributed by atoms with E-state index in [-0.39, 0.29) is 0 Å². The van der Waals surface area contributed by atoms with Crippen molar-refractivity contribution in [2.45, 2.75) is 0 Å². The SMILES string of the molecule is N#Cc1ccc2c(c1)c1ccccc1n2-c1ccc(-c2ccccc2[Si](c2ccccc2)(c2ccccc2)c2ccccc2)cc1.N#Cc1ccc2c(c1)c1ccccc1n2-c1cccc(-c2ccc([Si](c3ccccc3)(c3ccccc3)c3ccccc3)cc2)c1.[C-]#[N+]c1cccc([Si](c2ccccc2)(c2ccccc2)c2ccc(-c3ccc(-n4c5ccccc5c5ccccc54)cc3)cc2)c1. The molecule has 24 rings (SSSR count). The Morgan fingerprint density at radius 3 is 0.833 bits per heavy atom. The van der Waals surface area contributed by atoms with Gasteiger partial charge in [-0.2, -0.15) is 10.5 Å². The summed E-state index contributed by atoms with van der Waals surface area (Å²) in [7, 11) is -8.00. The van der Waals surface area contributed by atoms with Crippen molar-refractivity contribution in [1.29, 1.82) is 10.5 Å². The van der Waals surface area contributed by atoms with E-state index in [2.05, 4.69) is 540 Å². The summed E-state index contributed by atoms with van der Waals surface area (Å²) in [4.78, 5) is 3.81. The Morgan fingerprint density at radius 1 is 0.188 bits per heavy atom. The van der Waals surface area contributed by atoms with Crippen molar-refractivity contribution in [3.63, 3.8) is 0 Å². The van der Waals surface area contributed by atoms with E-state index in [9.17, 15) is 10.5 Å². The third kappa shape index (κ3) is 15.3. The van der Waals surface area contributed by atoms with Crippen molar-refractivity contribution in [2.75, 3.05) is 0 Å². The van der Waals surface area contributed by atoms with Gasteiger partial charge in [-0.1, -0.05) is 454 Å². The number of aromatic nitrogens is 3. The van der Waals surface area contributed by atoms with Crippen molar-refractivity contribution in [1.82, 2.24) is 13.7 Å². The van der Waals surface area contributed by atoms with Crippen LogP contribution in [-0.2, 0) is 0 Å². The third-order valence-corrected chi connectivity index (χ3v) is 42.0. The fourth-order valence-corrected chi connectivity index (χ4v) is 35.9. The molecule has 648 valence electrons. The first-order valence-electron chi connectivity index (χ1n) is 46.7. The van der Waals surface area contributed by atoms with E-state index in [0.717, 1.165) is 66.2 Å². The molecule has 0 N–H and O–H groups in total. The molecule has 21 aromatic carbocycles. The Kier molecular flexibility index (Phi) is 23.4. The van der Waals surface area contributed by atoms with Gasteiger partial charge in [0.05, 0.1) is 62.9 Å². The van der Waals surface area contributed by atoms with E-state index in [1.54, 1.807) is 0 Å². The van der Waals surface area contributed by atoms with Gasteiger partial charge in [0.1, 0.15) is 0 Å². The van der Waals surface area contributed by atoms with Crippen LogP contribution in [0.4, 0.5) is 5.69 Å². The van der Waals surface area contributed by atoms with Gasteiger partial charge in [0.25, 0.3) is 0 Å². The molecule has 0 spiro atoms. The quantitative estimate of drug-likeness (QED) is 0.0488. The van der Waals surface area contributed by atoms with Crippen LogP contribution < -0.4 is 62.2 Å². The molecule has 0 unspecified atom stereocenters.